The van der Waals surface area contributed by atoms with Crippen LogP contribution in [0.5, 0.6) is 0 Å². The van der Waals surface area contributed by atoms with E-state index < -0.39 is 17.5 Å². The molecule has 0 bridgehead atoms. The predicted molar refractivity (Wildman–Crippen MR) is 61.4 cm³/mol. The van der Waals surface area contributed by atoms with Crippen LogP contribution in [-0.4, -0.2) is 47.3 Å². The maximum Gasteiger partial charge on any atom is 0.255 e. The summed E-state index contributed by atoms with van der Waals surface area (Å²) in [4.78, 5) is 13.0. The fraction of sp³-hybridized carbons (Fsp3) is 0.364. The van der Waals surface area contributed by atoms with Crippen molar-refractivity contribution in [2.24, 2.45) is 0 Å². The quantitative estimate of drug-likeness (QED) is 0.792. The first-order valence-corrected chi connectivity index (χ1v) is 5.54. The van der Waals surface area contributed by atoms with E-state index in [4.69, 9.17) is 21.8 Å². The summed E-state index contributed by atoms with van der Waals surface area (Å²) in [6.07, 6.45) is 0. The van der Waals surface area contributed by atoms with Crippen LogP contribution in [-0.2, 0) is 0 Å². The molecule has 0 atom stereocenters. The van der Waals surface area contributed by atoms with Gasteiger partial charge < -0.3 is 15.1 Å². The Labute approximate surface area is 107 Å². The molecule has 0 radical (unpaired) electrons. The van der Waals surface area contributed by atoms with Crippen molar-refractivity contribution in [2.45, 2.75) is 0 Å². The highest BCUT2D eigenvalue weighted by molar-refractivity contribution is 6.33. The number of halogens is 3. The summed E-state index contributed by atoms with van der Waals surface area (Å²) in [5.74, 6) is -3.01. The minimum absolute atomic E-state index is 0.0330. The molecular weight excluding hydrogens is 268 g/mol. The zero-order chi connectivity index (χ0) is 13.7. The van der Waals surface area contributed by atoms with Gasteiger partial charge in [-0.15, -0.1) is 0 Å². The Balaban J connectivity index is 3.04. The maximum atomic E-state index is 13.1. The first-order valence-electron chi connectivity index (χ1n) is 5.16. The van der Waals surface area contributed by atoms with E-state index in [9.17, 15) is 13.6 Å². The number of hydrogen-bond donors (Lipinski definition) is 2. The van der Waals surface area contributed by atoms with Gasteiger partial charge >= 0.3 is 0 Å². The van der Waals surface area contributed by atoms with Gasteiger partial charge in [-0.25, -0.2) is 8.78 Å². The molecule has 4 nitrogen and oxygen atoms in total. The van der Waals surface area contributed by atoms with Crippen LogP contribution in [0.1, 0.15) is 10.4 Å². The monoisotopic (exact) mass is 279 g/mol. The number of amides is 1. The molecule has 0 saturated carbocycles. The third-order valence-corrected chi connectivity index (χ3v) is 2.58. The number of hydrogen-bond acceptors (Lipinski definition) is 3. The third-order valence-electron chi connectivity index (χ3n) is 2.27. The predicted octanol–water partition coefficient (Wildman–Crippen LogP) is 1.04. The highest BCUT2D eigenvalue weighted by atomic mass is 35.5. The van der Waals surface area contributed by atoms with Gasteiger partial charge in [0.05, 0.1) is 23.8 Å². The Morgan fingerprint density at radius 2 is 1.67 bits per heavy atom. The van der Waals surface area contributed by atoms with E-state index in [2.05, 4.69) is 0 Å². The molecule has 0 spiro atoms. The molecule has 0 unspecified atom stereocenters. The molecule has 0 aliphatic carbocycles. The van der Waals surface area contributed by atoms with Crippen molar-refractivity contribution in [1.29, 1.82) is 0 Å². The lowest BCUT2D eigenvalue weighted by Gasteiger charge is -2.21. The molecule has 2 N–H and O–H groups in total. The Morgan fingerprint density at radius 1 is 1.17 bits per heavy atom. The maximum absolute atomic E-state index is 13.1. The van der Waals surface area contributed by atoms with Crippen molar-refractivity contribution < 1.29 is 23.8 Å². The first-order chi connectivity index (χ1) is 8.51. The Hall–Kier alpha value is -1.24. The molecule has 1 rings (SSSR count). The van der Waals surface area contributed by atoms with Crippen LogP contribution >= 0.6 is 11.6 Å². The summed E-state index contributed by atoms with van der Waals surface area (Å²) in [5, 5.41) is 17.3. The second-order valence-corrected chi connectivity index (χ2v) is 3.89. The summed E-state index contributed by atoms with van der Waals surface area (Å²) < 4.78 is 25.9. The minimum Gasteiger partial charge on any atom is -0.395 e. The van der Waals surface area contributed by atoms with Crippen molar-refractivity contribution in [2.75, 3.05) is 26.3 Å². The summed E-state index contributed by atoms with van der Waals surface area (Å²) in [6, 6.07) is 1.40. The van der Waals surface area contributed by atoms with Crippen LogP contribution < -0.4 is 0 Å². The van der Waals surface area contributed by atoms with Crippen molar-refractivity contribution in [1.82, 2.24) is 4.90 Å². The molecule has 0 aromatic heterocycles. The Bertz CT molecular complexity index is 437. The number of nitrogens with zero attached hydrogens (tertiary/aromatic N) is 1. The molecule has 18 heavy (non-hydrogen) atoms. The van der Waals surface area contributed by atoms with Gasteiger partial charge in [0.15, 0.2) is 11.6 Å². The van der Waals surface area contributed by atoms with Gasteiger partial charge in [-0.2, -0.15) is 0 Å². The van der Waals surface area contributed by atoms with Gasteiger partial charge in [-0.1, -0.05) is 11.6 Å². The zero-order valence-corrected chi connectivity index (χ0v) is 10.1. The normalized spacial score (nSPS) is 10.5. The number of carbonyl (C=O) groups excluding carboxylic acids is 1. The van der Waals surface area contributed by atoms with Crippen LogP contribution in [0.15, 0.2) is 12.1 Å². The molecule has 0 saturated heterocycles. The van der Waals surface area contributed by atoms with Crippen LogP contribution in [0.3, 0.4) is 0 Å². The van der Waals surface area contributed by atoms with E-state index in [-0.39, 0.29) is 36.9 Å². The molecular formula is C11H12ClF2NO3. The number of carbonyl (C=O) groups is 1. The largest absolute Gasteiger partial charge is 0.395 e. The molecule has 0 aliphatic rings. The third kappa shape index (κ3) is 3.38. The number of aliphatic hydroxyl groups excluding tert-OH is 2. The molecule has 0 fully saturated rings. The molecule has 100 valence electrons. The van der Waals surface area contributed by atoms with Crippen LogP contribution in [0.25, 0.3) is 0 Å². The summed E-state index contributed by atoms with van der Waals surface area (Å²) in [5.41, 5.74) is -0.211. The molecule has 1 aromatic rings. The van der Waals surface area contributed by atoms with E-state index >= 15 is 0 Å². The lowest BCUT2D eigenvalue weighted by molar-refractivity contribution is 0.0684. The lowest BCUT2D eigenvalue weighted by Crippen LogP contribution is -2.36. The molecule has 0 aliphatic heterocycles. The first kappa shape index (κ1) is 14.8. The Kier molecular flexibility index (Phi) is 5.46. The van der Waals surface area contributed by atoms with E-state index in [0.717, 1.165) is 4.90 Å². The average Bonchev–Trinajstić information content (AvgIpc) is 2.33. The van der Waals surface area contributed by atoms with Crippen molar-refractivity contribution in [3.63, 3.8) is 0 Å². The second kappa shape index (κ2) is 6.63. The van der Waals surface area contributed by atoms with Crippen LogP contribution in [0, 0.1) is 11.6 Å². The SMILES string of the molecule is O=C(c1cc(F)c(F)cc1Cl)N(CCO)CCO. The lowest BCUT2D eigenvalue weighted by atomic mass is 10.2. The highest BCUT2D eigenvalue weighted by Crippen LogP contribution is 2.21. The van der Waals surface area contributed by atoms with E-state index in [1.54, 1.807) is 0 Å². The number of benzene rings is 1. The minimum atomic E-state index is -1.18. The van der Waals surface area contributed by atoms with Crippen LogP contribution in [0.4, 0.5) is 8.78 Å². The van der Waals surface area contributed by atoms with Gasteiger partial charge in [0.2, 0.25) is 0 Å². The summed E-state index contributed by atoms with van der Waals surface area (Å²) in [6.45, 7) is -0.691. The van der Waals surface area contributed by atoms with Crippen molar-refractivity contribution in [3.05, 3.63) is 34.4 Å². The van der Waals surface area contributed by atoms with Gasteiger partial charge in [-0.3, -0.25) is 4.79 Å². The summed E-state index contributed by atoms with van der Waals surface area (Å²) in [7, 11) is 0. The van der Waals surface area contributed by atoms with Gasteiger partial charge in [0.25, 0.3) is 5.91 Å². The fourth-order valence-electron chi connectivity index (χ4n) is 1.41. The number of rotatable bonds is 5. The van der Waals surface area contributed by atoms with Gasteiger partial charge in [0, 0.05) is 13.1 Å². The zero-order valence-electron chi connectivity index (χ0n) is 9.37. The highest BCUT2D eigenvalue weighted by Gasteiger charge is 2.20. The average molecular weight is 280 g/mol. The molecule has 1 amide bonds. The van der Waals surface area contributed by atoms with E-state index in [1.807, 2.05) is 0 Å². The van der Waals surface area contributed by atoms with Gasteiger partial charge in [-0.05, 0) is 12.1 Å². The standard InChI is InChI=1S/C11H12ClF2NO3/c12-8-6-10(14)9(13)5-7(8)11(18)15(1-3-16)2-4-17/h5-6,16-17H,1-4H2. The van der Waals surface area contributed by atoms with E-state index in [1.165, 1.54) is 0 Å². The van der Waals surface area contributed by atoms with E-state index in [0.29, 0.717) is 12.1 Å². The molecule has 0 heterocycles. The number of aliphatic hydroxyl groups is 2. The molecule has 7 heteroatoms. The van der Waals surface area contributed by atoms with Crippen molar-refractivity contribution in [3.8, 4) is 0 Å². The fourth-order valence-corrected chi connectivity index (χ4v) is 1.64. The van der Waals surface area contributed by atoms with Gasteiger partial charge in [0.1, 0.15) is 0 Å². The summed E-state index contributed by atoms with van der Waals surface area (Å²) >= 11 is 5.66. The topological polar surface area (TPSA) is 60.8 Å². The van der Waals surface area contributed by atoms with Crippen LogP contribution in [0.2, 0.25) is 5.02 Å². The van der Waals surface area contributed by atoms with Crippen molar-refractivity contribution >= 4 is 17.5 Å². The second-order valence-electron chi connectivity index (χ2n) is 3.49. The molecule has 1 aromatic carbocycles. The smallest absolute Gasteiger partial charge is 0.255 e. The Morgan fingerprint density at radius 3 is 2.17 bits per heavy atom.